The molecule has 3 N–H and O–H groups in total. The van der Waals surface area contributed by atoms with E-state index in [4.69, 9.17) is 0 Å². The van der Waals surface area contributed by atoms with Crippen molar-refractivity contribution in [2.45, 2.75) is 19.8 Å². The number of carboxylic acids is 2. The molecule has 6 nitrogen and oxygen atoms in total. The van der Waals surface area contributed by atoms with Crippen molar-refractivity contribution in [1.82, 2.24) is 10.3 Å². The summed E-state index contributed by atoms with van der Waals surface area (Å²) in [5.41, 5.74) is 1.36. The van der Waals surface area contributed by atoms with Crippen LogP contribution in [0.3, 0.4) is 0 Å². The molecule has 0 saturated heterocycles. The number of hydrogen-bond acceptors (Lipinski definition) is 4. The standard InChI is InChI=1S/C14H13BrN2O4/c1-6-9(13(18)19)11(8-4-3-5-16-12(8)15)10(14(20)21)7(2)17-6/h3-5,11,17H,1-2H3,(H,18,19)(H,20,21). The Morgan fingerprint density at radius 2 is 1.71 bits per heavy atom. The Morgan fingerprint density at radius 3 is 2.14 bits per heavy atom. The van der Waals surface area contributed by atoms with Crippen LogP contribution in [0.4, 0.5) is 0 Å². The number of nitrogens with one attached hydrogen (secondary N) is 1. The molecule has 0 spiro atoms. The van der Waals surface area contributed by atoms with Crippen molar-refractivity contribution in [1.29, 1.82) is 0 Å². The first kappa shape index (κ1) is 15.2. The summed E-state index contributed by atoms with van der Waals surface area (Å²) in [7, 11) is 0. The Labute approximate surface area is 129 Å². The molecule has 0 unspecified atom stereocenters. The number of aliphatic carboxylic acids is 2. The highest BCUT2D eigenvalue weighted by molar-refractivity contribution is 9.10. The third-order valence-corrected chi connectivity index (χ3v) is 3.98. The second-order valence-electron chi connectivity index (χ2n) is 4.63. The van der Waals surface area contributed by atoms with Gasteiger partial charge in [-0.05, 0) is 41.4 Å². The van der Waals surface area contributed by atoms with Crippen LogP contribution in [-0.2, 0) is 9.59 Å². The highest BCUT2D eigenvalue weighted by Gasteiger charge is 2.37. The van der Waals surface area contributed by atoms with Gasteiger partial charge in [-0.1, -0.05) is 6.07 Å². The third kappa shape index (κ3) is 2.69. The van der Waals surface area contributed by atoms with Crippen molar-refractivity contribution in [3.8, 4) is 0 Å². The van der Waals surface area contributed by atoms with Gasteiger partial charge in [0.05, 0.1) is 17.1 Å². The maximum Gasteiger partial charge on any atom is 0.334 e. The fraction of sp³-hybridized carbons (Fsp3) is 0.214. The van der Waals surface area contributed by atoms with Crippen molar-refractivity contribution in [3.05, 3.63) is 51.0 Å². The first-order valence-corrected chi connectivity index (χ1v) is 6.89. The molecular weight excluding hydrogens is 340 g/mol. The number of pyridine rings is 1. The quantitative estimate of drug-likeness (QED) is 0.721. The molecule has 0 aliphatic carbocycles. The summed E-state index contributed by atoms with van der Waals surface area (Å²) in [5.74, 6) is -3.21. The highest BCUT2D eigenvalue weighted by Crippen LogP contribution is 2.40. The van der Waals surface area contributed by atoms with Gasteiger partial charge in [0.2, 0.25) is 0 Å². The van der Waals surface area contributed by atoms with Gasteiger partial charge in [0, 0.05) is 17.6 Å². The number of dihydropyridines is 1. The van der Waals surface area contributed by atoms with E-state index in [1.54, 1.807) is 32.2 Å². The monoisotopic (exact) mass is 352 g/mol. The first-order chi connectivity index (χ1) is 9.84. The largest absolute Gasteiger partial charge is 0.478 e. The molecule has 2 rings (SSSR count). The summed E-state index contributed by atoms with van der Waals surface area (Å²) < 4.78 is 0.426. The van der Waals surface area contributed by atoms with Crippen LogP contribution in [0.2, 0.25) is 0 Å². The zero-order valence-corrected chi connectivity index (χ0v) is 12.9. The van der Waals surface area contributed by atoms with Gasteiger partial charge in [-0.15, -0.1) is 0 Å². The van der Waals surface area contributed by atoms with Crippen LogP contribution in [0, 0.1) is 0 Å². The van der Waals surface area contributed by atoms with Gasteiger partial charge >= 0.3 is 11.9 Å². The van der Waals surface area contributed by atoms with Crippen LogP contribution in [-0.4, -0.2) is 27.1 Å². The van der Waals surface area contributed by atoms with Gasteiger partial charge in [0.15, 0.2) is 0 Å². The lowest BCUT2D eigenvalue weighted by molar-refractivity contribution is -0.133. The number of hydrogen-bond donors (Lipinski definition) is 3. The Morgan fingerprint density at radius 1 is 1.19 bits per heavy atom. The van der Waals surface area contributed by atoms with Gasteiger partial charge < -0.3 is 15.5 Å². The van der Waals surface area contributed by atoms with Crippen molar-refractivity contribution < 1.29 is 19.8 Å². The summed E-state index contributed by atoms with van der Waals surface area (Å²) in [6.45, 7) is 3.23. The Kier molecular flexibility index (Phi) is 4.13. The summed E-state index contributed by atoms with van der Waals surface area (Å²) in [4.78, 5) is 27.2. The van der Waals surface area contributed by atoms with Crippen LogP contribution >= 0.6 is 15.9 Å². The average Bonchev–Trinajstić information content (AvgIpc) is 2.37. The normalized spacial score (nSPS) is 16.0. The number of carboxylic acid groups (broad SMARTS) is 2. The second-order valence-corrected chi connectivity index (χ2v) is 5.38. The predicted octanol–water partition coefficient (Wildman–Crippen LogP) is 2.25. The van der Waals surface area contributed by atoms with E-state index in [2.05, 4.69) is 26.2 Å². The molecule has 0 fully saturated rings. The van der Waals surface area contributed by atoms with E-state index in [1.807, 2.05) is 0 Å². The van der Waals surface area contributed by atoms with Crippen LogP contribution in [0.1, 0.15) is 25.3 Å². The highest BCUT2D eigenvalue weighted by atomic mass is 79.9. The minimum atomic E-state index is -1.16. The molecule has 7 heteroatoms. The smallest absolute Gasteiger partial charge is 0.334 e. The number of carbonyl (C=O) groups is 2. The van der Waals surface area contributed by atoms with E-state index in [0.717, 1.165) is 0 Å². The summed E-state index contributed by atoms with van der Waals surface area (Å²) in [6, 6.07) is 3.31. The van der Waals surface area contributed by atoms with Crippen molar-refractivity contribution in [2.24, 2.45) is 0 Å². The second kappa shape index (κ2) is 5.69. The zero-order valence-electron chi connectivity index (χ0n) is 11.3. The fourth-order valence-electron chi connectivity index (χ4n) is 2.49. The molecule has 0 saturated carbocycles. The SMILES string of the molecule is CC1=C(C(=O)O)C(c2cccnc2Br)C(C(=O)O)=C(C)N1. The van der Waals surface area contributed by atoms with E-state index in [-0.39, 0.29) is 11.1 Å². The average molecular weight is 353 g/mol. The molecule has 0 amide bonds. The van der Waals surface area contributed by atoms with Crippen LogP contribution < -0.4 is 5.32 Å². The first-order valence-electron chi connectivity index (χ1n) is 6.10. The Hall–Kier alpha value is -2.15. The summed E-state index contributed by atoms with van der Waals surface area (Å²) in [6.07, 6.45) is 1.54. The van der Waals surface area contributed by atoms with Crippen molar-refractivity contribution >= 4 is 27.9 Å². The molecule has 21 heavy (non-hydrogen) atoms. The van der Waals surface area contributed by atoms with E-state index in [9.17, 15) is 19.8 Å². The van der Waals surface area contributed by atoms with Gasteiger partial charge in [-0.25, -0.2) is 14.6 Å². The molecule has 0 atom stereocenters. The lowest BCUT2D eigenvalue weighted by Crippen LogP contribution is -2.31. The minimum absolute atomic E-state index is 0.00620. The number of nitrogens with zero attached hydrogens (tertiary/aromatic N) is 1. The van der Waals surface area contributed by atoms with Crippen LogP contribution in [0.15, 0.2) is 45.5 Å². The van der Waals surface area contributed by atoms with Crippen LogP contribution in [0.25, 0.3) is 0 Å². The van der Waals surface area contributed by atoms with E-state index >= 15 is 0 Å². The number of halogens is 1. The number of allylic oxidation sites excluding steroid dienone is 2. The molecule has 1 aliphatic heterocycles. The minimum Gasteiger partial charge on any atom is -0.478 e. The van der Waals surface area contributed by atoms with Crippen molar-refractivity contribution in [3.63, 3.8) is 0 Å². The molecule has 0 aromatic carbocycles. The molecule has 1 aromatic rings. The molecule has 2 heterocycles. The summed E-state index contributed by atoms with van der Waals surface area (Å²) >= 11 is 3.26. The molecule has 110 valence electrons. The third-order valence-electron chi connectivity index (χ3n) is 3.32. The topological polar surface area (TPSA) is 99.5 Å². The van der Waals surface area contributed by atoms with Gasteiger partial charge in [0.1, 0.15) is 4.60 Å². The van der Waals surface area contributed by atoms with Gasteiger partial charge in [-0.3, -0.25) is 0 Å². The molecule has 0 radical (unpaired) electrons. The summed E-state index contributed by atoms with van der Waals surface area (Å²) in [5, 5.41) is 21.8. The number of aromatic nitrogens is 1. The van der Waals surface area contributed by atoms with Crippen LogP contribution in [0.5, 0.6) is 0 Å². The van der Waals surface area contributed by atoms with Gasteiger partial charge in [-0.2, -0.15) is 0 Å². The maximum absolute atomic E-state index is 11.6. The molecule has 1 aromatic heterocycles. The van der Waals surface area contributed by atoms with E-state index in [1.165, 1.54) is 0 Å². The molecular formula is C14H13BrN2O4. The molecule has 1 aliphatic rings. The number of rotatable bonds is 3. The fourth-order valence-corrected chi connectivity index (χ4v) is 2.97. The van der Waals surface area contributed by atoms with E-state index in [0.29, 0.717) is 21.6 Å². The molecule has 0 bridgehead atoms. The Balaban J connectivity index is 2.74. The predicted molar refractivity (Wildman–Crippen MR) is 78.5 cm³/mol. The van der Waals surface area contributed by atoms with Crippen molar-refractivity contribution in [2.75, 3.05) is 0 Å². The lowest BCUT2D eigenvalue weighted by Gasteiger charge is -2.28. The van der Waals surface area contributed by atoms with E-state index < -0.39 is 17.9 Å². The zero-order chi connectivity index (χ0) is 15.7. The van der Waals surface area contributed by atoms with Gasteiger partial charge in [0.25, 0.3) is 0 Å². The maximum atomic E-state index is 11.6. The lowest BCUT2D eigenvalue weighted by atomic mass is 9.81. The Bertz CT molecular complexity index is 658.